The third kappa shape index (κ3) is 49.6. The maximum Gasteiger partial charge on any atom is 0.306 e. The maximum atomic E-state index is 12.8. The van der Waals surface area contributed by atoms with Crippen LogP contribution in [0.15, 0.2) is 85.1 Å². The zero-order valence-corrected chi connectivity index (χ0v) is 41.8. The molecular weight excluding hydrogens is 793 g/mol. The van der Waals surface area contributed by atoms with Crippen LogP contribution in [0.4, 0.5) is 0 Å². The number of hydrogen-bond acceptors (Lipinski definition) is 6. The van der Waals surface area contributed by atoms with Crippen LogP contribution in [0.1, 0.15) is 245 Å². The molecule has 0 heterocycles. The van der Waals surface area contributed by atoms with Crippen molar-refractivity contribution in [3.8, 4) is 0 Å². The van der Waals surface area contributed by atoms with Crippen molar-refractivity contribution in [2.75, 3.05) is 13.2 Å². The van der Waals surface area contributed by atoms with Gasteiger partial charge in [0.1, 0.15) is 13.2 Å². The van der Waals surface area contributed by atoms with Crippen LogP contribution in [0.3, 0.4) is 0 Å². The van der Waals surface area contributed by atoms with E-state index in [0.29, 0.717) is 19.3 Å². The molecule has 366 valence electrons. The molecule has 0 aromatic carbocycles. The van der Waals surface area contributed by atoms with Crippen LogP contribution in [-0.2, 0) is 28.6 Å². The molecule has 0 spiro atoms. The van der Waals surface area contributed by atoms with Crippen molar-refractivity contribution in [1.29, 1.82) is 0 Å². The largest absolute Gasteiger partial charge is 0.462 e. The van der Waals surface area contributed by atoms with E-state index in [1.807, 2.05) is 0 Å². The number of hydrogen-bond donors (Lipinski definition) is 0. The van der Waals surface area contributed by atoms with Crippen molar-refractivity contribution in [2.45, 2.75) is 252 Å². The Morgan fingerprint density at radius 2 is 0.609 bits per heavy atom. The summed E-state index contributed by atoms with van der Waals surface area (Å²) in [7, 11) is 0. The van der Waals surface area contributed by atoms with Crippen LogP contribution in [0.5, 0.6) is 0 Å². The minimum Gasteiger partial charge on any atom is -0.462 e. The van der Waals surface area contributed by atoms with Crippen molar-refractivity contribution in [1.82, 2.24) is 0 Å². The quantitative estimate of drug-likeness (QED) is 0.0262. The van der Waals surface area contributed by atoms with Gasteiger partial charge in [0, 0.05) is 19.3 Å². The molecule has 0 unspecified atom stereocenters. The first-order chi connectivity index (χ1) is 31.5. The van der Waals surface area contributed by atoms with Gasteiger partial charge in [-0.2, -0.15) is 0 Å². The topological polar surface area (TPSA) is 78.9 Å². The van der Waals surface area contributed by atoms with Crippen LogP contribution >= 0.6 is 0 Å². The third-order valence-corrected chi connectivity index (χ3v) is 11.1. The van der Waals surface area contributed by atoms with Crippen molar-refractivity contribution in [3.05, 3.63) is 85.1 Å². The number of carbonyl (C=O) groups excluding carboxylic acids is 3. The molecule has 1 atom stereocenters. The molecule has 0 saturated carbocycles. The van der Waals surface area contributed by atoms with Crippen molar-refractivity contribution < 1.29 is 28.6 Å². The van der Waals surface area contributed by atoms with E-state index in [2.05, 4.69) is 106 Å². The molecule has 0 amide bonds. The normalized spacial score (nSPS) is 12.7. The lowest BCUT2D eigenvalue weighted by Crippen LogP contribution is -2.30. The van der Waals surface area contributed by atoms with Gasteiger partial charge in [-0.05, 0) is 96.3 Å². The van der Waals surface area contributed by atoms with Gasteiger partial charge < -0.3 is 14.2 Å². The Bertz CT molecular complexity index is 1250. The highest BCUT2D eigenvalue weighted by Gasteiger charge is 2.19. The van der Waals surface area contributed by atoms with E-state index in [1.54, 1.807) is 0 Å². The standard InChI is InChI=1S/C58H98O6/c1-4-7-10-13-16-19-22-25-27-28-29-30-32-33-36-39-42-45-48-51-57(60)63-54-55(53-62-56(59)50-47-44-41-38-35-24-21-18-15-12-9-6-3)64-58(61)52-49-46-43-40-37-34-31-26-23-20-17-14-11-8-5-2/h7,10,16-17,19-20,25-27,29-31,33,36,55H,4-6,8-9,11-15,18,21-24,28,32,34-35,37-54H2,1-3H3/b10-7-,19-16-,20-17-,27-25-,30-29-,31-26-,36-33-/t55-/m1/s1. The van der Waals surface area contributed by atoms with E-state index < -0.39 is 6.10 Å². The van der Waals surface area contributed by atoms with Gasteiger partial charge in [-0.15, -0.1) is 0 Å². The summed E-state index contributed by atoms with van der Waals surface area (Å²) >= 11 is 0. The highest BCUT2D eigenvalue weighted by atomic mass is 16.6. The predicted octanol–water partition coefficient (Wildman–Crippen LogP) is 17.6. The van der Waals surface area contributed by atoms with E-state index in [9.17, 15) is 14.4 Å². The van der Waals surface area contributed by atoms with Gasteiger partial charge in [0.25, 0.3) is 0 Å². The summed E-state index contributed by atoms with van der Waals surface area (Å²) in [4.78, 5) is 38.0. The summed E-state index contributed by atoms with van der Waals surface area (Å²) in [6.45, 7) is 6.46. The molecule has 0 fully saturated rings. The van der Waals surface area contributed by atoms with Gasteiger partial charge in [-0.1, -0.05) is 215 Å². The second-order valence-corrected chi connectivity index (χ2v) is 17.4. The lowest BCUT2D eigenvalue weighted by atomic mass is 10.0. The van der Waals surface area contributed by atoms with Crippen molar-refractivity contribution in [3.63, 3.8) is 0 Å². The van der Waals surface area contributed by atoms with Crippen LogP contribution < -0.4 is 0 Å². The fraction of sp³-hybridized carbons (Fsp3) is 0.707. The van der Waals surface area contributed by atoms with Crippen molar-refractivity contribution >= 4 is 17.9 Å². The zero-order valence-electron chi connectivity index (χ0n) is 41.8. The number of allylic oxidation sites excluding steroid dienone is 14. The molecule has 0 aliphatic heterocycles. The van der Waals surface area contributed by atoms with E-state index >= 15 is 0 Å². The average Bonchev–Trinajstić information content (AvgIpc) is 3.29. The molecule has 0 bridgehead atoms. The molecule has 0 aromatic rings. The van der Waals surface area contributed by atoms with Gasteiger partial charge in [0.2, 0.25) is 0 Å². The lowest BCUT2D eigenvalue weighted by Gasteiger charge is -2.18. The first-order valence-corrected chi connectivity index (χ1v) is 26.6. The number of ether oxygens (including phenoxy) is 3. The Balaban J connectivity index is 4.45. The van der Waals surface area contributed by atoms with Crippen LogP contribution in [0, 0.1) is 0 Å². The van der Waals surface area contributed by atoms with Gasteiger partial charge >= 0.3 is 17.9 Å². The fourth-order valence-corrected chi connectivity index (χ4v) is 7.15. The fourth-order valence-electron chi connectivity index (χ4n) is 7.15. The first-order valence-electron chi connectivity index (χ1n) is 26.6. The van der Waals surface area contributed by atoms with Crippen LogP contribution in [-0.4, -0.2) is 37.2 Å². The molecule has 64 heavy (non-hydrogen) atoms. The molecular formula is C58H98O6. The monoisotopic (exact) mass is 891 g/mol. The Morgan fingerprint density at radius 3 is 1.00 bits per heavy atom. The Hall–Kier alpha value is -3.41. The summed E-state index contributed by atoms with van der Waals surface area (Å²) in [5.41, 5.74) is 0. The Labute approximate surface area is 395 Å². The van der Waals surface area contributed by atoms with E-state index in [0.717, 1.165) is 122 Å². The summed E-state index contributed by atoms with van der Waals surface area (Å²) < 4.78 is 16.8. The molecule has 0 saturated heterocycles. The van der Waals surface area contributed by atoms with Gasteiger partial charge in [0.15, 0.2) is 6.10 Å². The first kappa shape index (κ1) is 60.6. The van der Waals surface area contributed by atoms with Crippen LogP contribution in [0.25, 0.3) is 0 Å². The highest BCUT2D eigenvalue weighted by Crippen LogP contribution is 2.14. The number of unbranched alkanes of at least 4 members (excludes halogenated alkanes) is 22. The zero-order chi connectivity index (χ0) is 46.5. The maximum absolute atomic E-state index is 12.8. The van der Waals surface area contributed by atoms with E-state index in [1.165, 1.54) is 83.5 Å². The SMILES string of the molecule is CC/C=C\C/C=C\C/C=C\C/C=C\C/C=C\CCCCCC(=O)OC[C@@H](COC(=O)CCCCCCCCCCCCCC)OC(=O)CCCCCCC/C=C\C/C=C\CCCCC. The van der Waals surface area contributed by atoms with Gasteiger partial charge in [-0.25, -0.2) is 0 Å². The molecule has 0 radical (unpaired) electrons. The minimum atomic E-state index is -0.796. The summed E-state index contributed by atoms with van der Waals surface area (Å²) in [6.07, 6.45) is 67.0. The minimum absolute atomic E-state index is 0.0917. The smallest absolute Gasteiger partial charge is 0.306 e. The highest BCUT2D eigenvalue weighted by molar-refractivity contribution is 5.71. The average molecular weight is 891 g/mol. The molecule has 0 aromatic heterocycles. The molecule has 6 heteroatoms. The number of rotatable bonds is 47. The second kappa shape index (κ2) is 52.2. The molecule has 6 nitrogen and oxygen atoms in total. The number of esters is 3. The summed E-state index contributed by atoms with van der Waals surface area (Å²) in [6, 6.07) is 0. The van der Waals surface area contributed by atoms with Gasteiger partial charge in [-0.3, -0.25) is 14.4 Å². The Morgan fingerprint density at radius 1 is 0.328 bits per heavy atom. The summed E-state index contributed by atoms with van der Waals surface area (Å²) in [5, 5.41) is 0. The lowest BCUT2D eigenvalue weighted by molar-refractivity contribution is -0.167. The predicted molar refractivity (Wildman–Crippen MR) is 274 cm³/mol. The van der Waals surface area contributed by atoms with Crippen LogP contribution in [0.2, 0.25) is 0 Å². The van der Waals surface area contributed by atoms with Crippen molar-refractivity contribution in [2.24, 2.45) is 0 Å². The Kier molecular flexibility index (Phi) is 49.4. The van der Waals surface area contributed by atoms with Gasteiger partial charge in [0.05, 0.1) is 0 Å². The summed E-state index contributed by atoms with van der Waals surface area (Å²) in [5.74, 6) is -0.938. The molecule has 0 aliphatic carbocycles. The van der Waals surface area contributed by atoms with E-state index in [-0.39, 0.29) is 31.1 Å². The number of carbonyl (C=O) groups is 3. The van der Waals surface area contributed by atoms with E-state index in [4.69, 9.17) is 14.2 Å². The second-order valence-electron chi connectivity index (χ2n) is 17.4. The molecule has 0 aliphatic rings. The third-order valence-electron chi connectivity index (χ3n) is 11.1. The molecule has 0 N–H and O–H groups in total. The molecule has 0 rings (SSSR count).